The predicted octanol–water partition coefficient (Wildman–Crippen LogP) is 6.46. The first-order chi connectivity index (χ1) is 14.9. The van der Waals surface area contributed by atoms with Gasteiger partial charge in [-0.2, -0.15) is 0 Å². The molecule has 0 aromatic carbocycles. The van der Waals surface area contributed by atoms with Crippen LogP contribution in [-0.2, 0) is 4.79 Å². The highest BCUT2D eigenvalue weighted by atomic mass is 16.3. The molecule has 0 saturated carbocycles. The van der Waals surface area contributed by atoms with Crippen molar-refractivity contribution >= 4 is 5.91 Å². The van der Waals surface area contributed by atoms with Gasteiger partial charge in [-0.1, -0.05) is 76.5 Å². The summed E-state index contributed by atoms with van der Waals surface area (Å²) in [4.78, 5) is 12.9. The number of amides is 1. The second-order valence-electron chi connectivity index (χ2n) is 9.37. The van der Waals surface area contributed by atoms with Gasteiger partial charge in [0.2, 0.25) is 5.91 Å². The monoisotopic (exact) mass is 437 g/mol. The number of aliphatic hydroxyl groups excluding tert-OH is 2. The lowest BCUT2D eigenvalue weighted by Gasteiger charge is -2.35. The Morgan fingerprint density at radius 2 is 1.35 bits per heavy atom. The van der Waals surface area contributed by atoms with Gasteiger partial charge < -0.3 is 15.5 Å². The van der Waals surface area contributed by atoms with Crippen LogP contribution in [0.25, 0.3) is 0 Å². The van der Waals surface area contributed by atoms with Crippen LogP contribution in [-0.4, -0.2) is 34.9 Å². The van der Waals surface area contributed by atoms with E-state index in [4.69, 9.17) is 0 Å². The molecule has 31 heavy (non-hydrogen) atoms. The molecule has 4 nitrogen and oxygen atoms in total. The SMILES string of the molecule is C=CCNC(=O)C(CCCCCC/C=C\CCCCCCCC)(CC(C)O)CC(C)O. The molecule has 0 heterocycles. The van der Waals surface area contributed by atoms with Crippen LogP contribution in [0, 0.1) is 5.41 Å². The third-order valence-electron chi connectivity index (χ3n) is 5.93. The van der Waals surface area contributed by atoms with E-state index in [1.54, 1.807) is 19.9 Å². The van der Waals surface area contributed by atoms with Crippen LogP contribution in [0.1, 0.15) is 117 Å². The van der Waals surface area contributed by atoms with E-state index in [1.807, 2.05) is 0 Å². The van der Waals surface area contributed by atoms with Gasteiger partial charge in [-0.05, 0) is 58.8 Å². The quantitative estimate of drug-likeness (QED) is 0.142. The molecular weight excluding hydrogens is 386 g/mol. The summed E-state index contributed by atoms with van der Waals surface area (Å²) in [5.41, 5.74) is -0.720. The molecule has 1 amide bonds. The summed E-state index contributed by atoms with van der Waals surface area (Å²) >= 11 is 0. The molecule has 0 aromatic rings. The number of allylic oxidation sites excluding steroid dienone is 2. The van der Waals surface area contributed by atoms with E-state index in [0.717, 1.165) is 25.7 Å². The lowest BCUT2D eigenvalue weighted by Crippen LogP contribution is -2.44. The van der Waals surface area contributed by atoms with Crippen molar-refractivity contribution in [3.05, 3.63) is 24.8 Å². The minimum absolute atomic E-state index is 0.0770. The van der Waals surface area contributed by atoms with Crippen LogP contribution >= 0.6 is 0 Å². The molecule has 4 heteroatoms. The van der Waals surface area contributed by atoms with Crippen LogP contribution in [0.2, 0.25) is 0 Å². The molecule has 0 aliphatic rings. The van der Waals surface area contributed by atoms with Crippen molar-refractivity contribution in [3.8, 4) is 0 Å². The minimum Gasteiger partial charge on any atom is -0.393 e. The first kappa shape index (κ1) is 29.9. The summed E-state index contributed by atoms with van der Waals surface area (Å²) in [6, 6.07) is 0. The molecule has 0 aliphatic carbocycles. The average Bonchev–Trinajstić information content (AvgIpc) is 2.71. The first-order valence-electron chi connectivity index (χ1n) is 12.8. The number of rotatable bonds is 21. The van der Waals surface area contributed by atoms with E-state index < -0.39 is 17.6 Å². The van der Waals surface area contributed by atoms with Crippen molar-refractivity contribution in [1.29, 1.82) is 0 Å². The van der Waals surface area contributed by atoms with E-state index in [1.165, 1.54) is 51.4 Å². The minimum atomic E-state index is -0.720. The second-order valence-corrected chi connectivity index (χ2v) is 9.37. The van der Waals surface area contributed by atoms with Gasteiger partial charge in [-0.25, -0.2) is 0 Å². The smallest absolute Gasteiger partial charge is 0.226 e. The molecule has 0 aromatic heterocycles. The zero-order chi connectivity index (χ0) is 23.4. The van der Waals surface area contributed by atoms with Gasteiger partial charge in [-0.3, -0.25) is 4.79 Å². The largest absolute Gasteiger partial charge is 0.393 e. The zero-order valence-electron chi connectivity index (χ0n) is 20.7. The summed E-state index contributed by atoms with van der Waals surface area (Å²) < 4.78 is 0. The summed E-state index contributed by atoms with van der Waals surface area (Å²) in [5.74, 6) is -0.0770. The zero-order valence-corrected chi connectivity index (χ0v) is 20.7. The number of nitrogens with one attached hydrogen (secondary N) is 1. The molecular formula is C27H51NO3. The third-order valence-corrected chi connectivity index (χ3v) is 5.93. The fraction of sp³-hybridized carbons (Fsp3) is 0.815. The van der Waals surface area contributed by atoms with E-state index in [2.05, 4.69) is 31.0 Å². The van der Waals surface area contributed by atoms with E-state index >= 15 is 0 Å². The summed E-state index contributed by atoms with van der Waals surface area (Å²) in [5, 5.41) is 22.9. The fourth-order valence-electron chi connectivity index (χ4n) is 4.43. The predicted molar refractivity (Wildman–Crippen MR) is 133 cm³/mol. The Morgan fingerprint density at radius 1 is 0.871 bits per heavy atom. The second kappa shape index (κ2) is 19.5. The molecule has 2 atom stereocenters. The van der Waals surface area contributed by atoms with Gasteiger partial charge in [0.05, 0.1) is 17.6 Å². The van der Waals surface area contributed by atoms with Gasteiger partial charge in [0.15, 0.2) is 0 Å². The molecule has 0 radical (unpaired) electrons. The highest BCUT2D eigenvalue weighted by Gasteiger charge is 2.39. The van der Waals surface area contributed by atoms with Gasteiger partial charge in [0.1, 0.15) is 0 Å². The third kappa shape index (κ3) is 16.2. The van der Waals surface area contributed by atoms with Crippen LogP contribution in [0.15, 0.2) is 24.8 Å². The summed E-state index contributed by atoms with van der Waals surface area (Å²) in [6.45, 7) is 9.76. The Balaban J connectivity index is 4.24. The molecule has 0 saturated heterocycles. The highest BCUT2D eigenvalue weighted by molar-refractivity contribution is 5.82. The summed E-state index contributed by atoms with van der Waals surface area (Å²) in [7, 11) is 0. The lowest BCUT2D eigenvalue weighted by atomic mass is 9.73. The molecule has 182 valence electrons. The number of carbonyl (C=O) groups is 1. The van der Waals surface area contributed by atoms with Crippen molar-refractivity contribution in [1.82, 2.24) is 5.32 Å². The van der Waals surface area contributed by atoms with Gasteiger partial charge >= 0.3 is 0 Å². The Morgan fingerprint density at radius 3 is 1.84 bits per heavy atom. The number of aliphatic hydroxyl groups is 2. The normalized spacial score (nSPS) is 15.5. The van der Waals surface area contributed by atoms with Gasteiger partial charge in [0.25, 0.3) is 0 Å². The maximum absolute atomic E-state index is 12.9. The average molecular weight is 438 g/mol. The van der Waals surface area contributed by atoms with Crippen molar-refractivity contribution in [2.45, 2.75) is 129 Å². The lowest BCUT2D eigenvalue weighted by molar-refractivity contribution is -0.135. The first-order valence-corrected chi connectivity index (χ1v) is 12.8. The summed E-state index contributed by atoms with van der Waals surface area (Å²) in [6.07, 6.45) is 21.4. The Hall–Kier alpha value is -1.13. The fourth-order valence-corrected chi connectivity index (χ4v) is 4.43. The molecule has 3 N–H and O–H groups in total. The number of unbranched alkanes of at least 4 members (excludes halogenated alkanes) is 10. The topological polar surface area (TPSA) is 69.6 Å². The van der Waals surface area contributed by atoms with Gasteiger partial charge in [0, 0.05) is 6.54 Å². The van der Waals surface area contributed by atoms with Crippen LogP contribution in [0.3, 0.4) is 0 Å². The van der Waals surface area contributed by atoms with Crippen LogP contribution in [0.4, 0.5) is 0 Å². The Kier molecular flexibility index (Phi) is 18.8. The number of carbonyl (C=O) groups excluding carboxylic acids is 1. The number of hydrogen-bond acceptors (Lipinski definition) is 3. The molecule has 0 bridgehead atoms. The molecule has 0 aliphatic heterocycles. The van der Waals surface area contributed by atoms with E-state index in [0.29, 0.717) is 25.8 Å². The van der Waals surface area contributed by atoms with Crippen LogP contribution < -0.4 is 5.32 Å². The van der Waals surface area contributed by atoms with E-state index in [-0.39, 0.29) is 5.91 Å². The maximum atomic E-state index is 12.9. The maximum Gasteiger partial charge on any atom is 0.226 e. The molecule has 0 spiro atoms. The molecule has 0 rings (SSSR count). The Bertz CT molecular complexity index is 461. The van der Waals surface area contributed by atoms with Crippen molar-refractivity contribution in [3.63, 3.8) is 0 Å². The van der Waals surface area contributed by atoms with E-state index in [9.17, 15) is 15.0 Å². The number of hydrogen-bond donors (Lipinski definition) is 3. The highest BCUT2D eigenvalue weighted by Crippen LogP contribution is 2.36. The molecule has 2 unspecified atom stereocenters. The van der Waals surface area contributed by atoms with Crippen molar-refractivity contribution in [2.75, 3.05) is 6.54 Å². The standard InChI is InChI=1S/C27H51NO3/c1-5-7-8-9-10-11-12-13-14-15-16-17-18-19-20-27(22-24(3)29,23-25(4)30)26(31)28-21-6-2/h6,13-14,24-25,29-30H,2,5,7-12,15-23H2,1,3-4H3,(H,28,31)/b14-13-. The Labute approximate surface area is 192 Å². The molecule has 0 fully saturated rings. The van der Waals surface area contributed by atoms with Crippen LogP contribution in [0.5, 0.6) is 0 Å². The van der Waals surface area contributed by atoms with Crippen molar-refractivity contribution < 1.29 is 15.0 Å². The van der Waals surface area contributed by atoms with Crippen molar-refractivity contribution in [2.24, 2.45) is 5.41 Å². The van der Waals surface area contributed by atoms with Gasteiger partial charge in [-0.15, -0.1) is 6.58 Å².